The minimum atomic E-state index is 0.401. The second-order valence-electron chi connectivity index (χ2n) is 3.89. The van der Waals surface area contributed by atoms with Crippen molar-refractivity contribution in [2.45, 2.75) is 24.3 Å². The molecule has 70 valence electrons. The van der Waals surface area contributed by atoms with Gasteiger partial charge in [0.1, 0.15) is 0 Å². The molecule has 1 unspecified atom stereocenters. The summed E-state index contributed by atoms with van der Waals surface area (Å²) in [5.74, 6) is 0. The van der Waals surface area contributed by atoms with Crippen LogP contribution in [0.4, 0.5) is 0 Å². The Morgan fingerprint density at radius 1 is 1.31 bits per heavy atom. The Kier molecular flexibility index (Phi) is 2.43. The first kappa shape index (κ1) is 9.56. The van der Waals surface area contributed by atoms with Gasteiger partial charge >= 0.3 is 0 Å². The molecule has 13 heavy (non-hydrogen) atoms. The number of hydrogen-bond donors (Lipinski definition) is 0. The normalized spacial score (nSPS) is 24.4. The van der Waals surface area contributed by atoms with Crippen LogP contribution < -0.4 is 0 Å². The summed E-state index contributed by atoms with van der Waals surface area (Å²) in [7, 11) is 0. The maximum atomic E-state index is 3.43. The quantitative estimate of drug-likeness (QED) is 0.589. The van der Waals surface area contributed by atoms with E-state index in [1.807, 2.05) is 11.9 Å². The molecule has 0 aromatic heterocycles. The average molecular weight is 258 g/mol. The number of rotatable bonds is 2. The van der Waals surface area contributed by atoms with Crippen LogP contribution in [-0.2, 0) is 0 Å². The molecule has 0 aliphatic carbocycles. The molecule has 1 saturated heterocycles. The zero-order chi connectivity index (χ0) is 9.47. The minimum Gasteiger partial charge on any atom is -0.238 e. The third-order valence-corrected chi connectivity index (χ3v) is 3.99. The van der Waals surface area contributed by atoms with Crippen molar-refractivity contribution in [1.82, 2.24) is 4.31 Å². The van der Waals surface area contributed by atoms with Gasteiger partial charge in [0, 0.05) is 21.5 Å². The molecule has 3 heteroatoms. The molecular formula is C10H12BrNS. The van der Waals surface area contributed by atoms with Crippen molar-refractivity contribution in [3.05, 3.63) is 28.7 Å². The molecule has 1 fully saturated rings. The fraction of sp³-hybridized carbons (Fsp3) is 0.400. The summed E-state index contributed by atoms with van der Waals surface area (Å²) >= 11 is 5.26. The SMILES string of the molecule is CC1(C)CN1Sc1ccc(Br)cc1. The number of benzene rings is 1. The fourth-order valence-corrected chi connectivity index (χ4v) is 2.50. The van der Waals surface area contributed by atoms with E-state index >= 15 is 0 Å². The van der Waals surface area contributed by atoms with Crippen molar-refractivity contribution >= 4 is 27.9 Å². The van der Waals surface area contributed by atoms with Crippen LogP contribution in [0.5, 0.6) is 0 Å². The standard InChI is InChI=1S/C10H12BrNS/c1-10(2)7-12(10)13-9-5-3-8(11)4-6-9/h3-6H,7H2,1-2H3. The Balaban J connectivity index is 2.00. The maximum absolute atomic E-state index is 3.43. The predicted molar refractivity (Wildman–Crippen MR) is 60.8 cm³/mol. The van der Waals surface area contributed by atoms with E-state index in [0.29, 0.717) is 5.54 Å². The monoisotopic (exact) mass is 257 g/mol. The maximum Gasteiger partial charge on any atom is 0.0397 e. The molecule has 0 amide bonds. The Morgan fingerprint density at radius 3 is 2.31 bits per heavy atom. The van der Waals surface area contributed by atoms with Crippen LogP contribution in [0.1, 0.15) is 13.8 Å². The van der Waals surface area contributed by atoms with Crippen molar-refractivity contribution < 1.29 is 0 Å². The van der Waals surface area contributed by atoms with Gasteiger partial charge in [-0.1, -0.05) is 15.9 Å². The van der Waals surface area contributed by atoms with E-state index in [1.165, 1.54) is 11.4 Å². The van der Waals surface area contributed by atoms with E-state index in [9.17, 15) is 0 Å². The molecule has 1 nitrogen and oxygen atoms in total. The average Bonchev–Trinajstić information content (AvgIpc) is 2.64. The van der Waals surface area contributed by atoms with Crippen LogP contribution in [0.15, 0.2) is 33.6 Å². The lowest BCUT2D eigenvalue weighted by Gasteiger charge is -2.05. The zero-order valence-corrected chi connectivity index (χ0v) is 10.2. The lowest BCUT2D eigenvalue weighted by atomic mass is 10.2. The molecule has 1 aromatic rings. The molecule has 1 aliphatic heterocycles. The van der Waals surface area contributed by atoms with Crippen LogP contribution in [0.25, 0.3) is 0 Å². The van der Waals surface area contributed by atoms with Crippen LogP contribution in [-0.4, -0.2) is 16.4 Å². The minimum absolute atomic E-state index is 0.401. The highest BCUT2D eigenvalue weighted by atomic mass is 79.9. The second kappa shape index (κ2) is 3.30. The van der Waals surface area contributed by atoms with Crippen LogP contribution in [0.2, 0.25) is 0 Å². The summed E-state index contributed by atoms with van der Waals surface area (Å²) in [5.41, 5.74) is 0.401. The highest BCUT2D eigenvalue weighted by Gasteiger charge is 2.43. The zero-order valence-electron chi connectivity index (χ0n) is 7.75. The van der Waals surface area contributed by atoms with Crippen molar-refractivity contribution in [3.63, 3.8) is 0 Å². The van der Waals surface area contributed by atoms with E-state index < -0.39 is 0 Å². The predicted octanol–water partition coefficient (Wildman–Crippen LogP) is 3.55. The summed E-state index contributed by atoms with van der Waals surface area (Å²) in [4.78, 5) is 1.31. The highest BCUT2D eigenvalue weighted by Crippen LogP contribution is 2.41. The molecule has 1 heterocycles. The molecule has 0 N–H and O–H groups in total. The van der Waals surface area contributed by atoms with Gasteiger partial charge in [-0.3, -0.25) is 0 Å². The van der Waals surface area contributed by atoms with E-state index in [1.54, 1.807) is 0 Å². The summed E-state index contributed by atoms with van der Waals surface area (Å²) < 4.78 is 3.53. The van der Waals surface area contributed by atoms with Crippen LogP contribution >= 0.6 is 27.9 Å². The Bertz CT molecular complexity index is 307. The molecule has 0 saturated carbocycles. The van der Waals surface area contributed by atoms with Crippen LogP contribution in [0.3, 0.4) is 0 Å². The Labute approximate surface area is 91.8 Å². The van der Waals surface area contributed by atoms with Gasteiger partial charge in [0.2, 0.25) is 0 Å². The fourth-order valence-electron chi connectivity index (χ4n) is 1.09. The lowest BCUT2D eigenvalue weighted by molar-refractivity contribution is 0.663. The highest BCUT2D eigenvalue weighted by molar-refractivity contribution is 9.10. The molecule has 0 radical (unpaired) electrons. The topological polar surface area (TPSA) is 3.01 Å². The van der Waals surface area contributed by atoms with E-state index in [4.69, 9.17) is 0 Å². The van der Waals surface area contributed by atoms with E-state index in [0.717, 1.165) is 4.47 Å². The van der Waals surface area contributed by atoms with Crippen molar-refractivity contribution in [3.8, 4) is 0 Å². The number of nitrogens with zero attached hydrogens (tertiary/aromatic N) is 1. The van der Waals surface area contributed by atoms with Gasteiger partial charge in [0.05, 0.1) is 0 Å². The van der Waals surface area contributed by atoms with E-state index in [2.05, 4.69) is 58.3 Å². The van der Waals surface area contributed by atoms with Crippen molar-refractivity contribution in [2.24, 2.45) is 0 Å². The molecule has 1 aliphatic rings. The van der Waals surface area contributed by atoms with Gasteiger partial charge in [-0.2, -0.15) is 0 Å². The first-order valence-corrected chi connectivity index (χ1v) is 5.86. The second-order valence-corrected chi connectivity index (χ2v) is 5.90. The molecule has 2 rings (SSSR count). The largest absolute Gasteiger partial charge is 0.238 e. The van der Waals surface area contributed by atoms with Crippen molar-refractivity contribution in [2.75, 3.05) is 6.54 Å². The third kappa shape index (κ3) is 2.27. The molecule has 0 spiro atoms. The summed E-state index contributed by atoms with van der Waals surface area (Å²) in [6.45, 7) is 5.71. The van der Waals surface area contributed by atoms with Crippen LogP contribution in [0, 0.1) is 0 Å². The molecule has 1 aromatic carbocycles. The van der Waals surface area contributed by atoms with Gasteiger partial charge in [-0.15, -0.1) is 0 Å². The Morgan fingerprint density at radius 2 is 1.85 bits per heavy atom. The summed E-state index contributed by atoms with van der Waals surface area (Å²) in [5, 5.41) is 0. The molecule has 1 atom stereocenters. The van der Waals surface area contributed by atoms with Crippen molar-refractivity contribution in [1.29, 1.82) is 0 Å². The number of halogens is 1. The third-order valence-electron chi connectivity index (χ3n) is 2.13. The first-order chi connectivity index (χ1) is 6.08. The Hall–Kier alpha value is 0.01000. The van der Waals surface area contributed by atoms with Gasteiger partial charge in [0.15, 0.2) is 0 Å². The summed E-state index contributed by atoms with van der Waals surface area (Å²) in [6.07, 6.45) is 0. The molecular weight excluding hydrogens is 246 g/mol. The van der Waals surface area contributed by atoms with Gasteiger partial charge in [0.25, 0.3) is 0 Å². The molecule has 0 bridgehead atoms. The van der Waals surface area contributed by atoms with E-state index in [-0.39, 0.29) is 0 Å². The smallest absolute Gasteiger partial charge is 0.0397 e. The van der Waals surface area contributed by atoms with Gasteiger partial charge in [-0.25, -0.2) is 4.31 Å². The lowest BCUT2D eigenvalue weighted by Crippen LogP contribution is -2.01. The summed E-state index contributed by atoms with van der Waals surface area (Å²) in [6, 6.07) is 8.45. The van der Waals surface area contributed by atoms with Gasteiger partial charge < -0.3 is 0 Å². The first-order valence-electron chi connectivity index (χ1n) is 4.29. The number of hydrogen-bond acceptors (Lipinski definition) is 2. The van der Waals surface area contributed by atoms with Gasteiger partial charge in [-0.05, 0) is 50.1 Å².